The summed E-state index contributed by atoms with van der Waals surface area (Å²) in [6.07, 6.45) is 1.62. The first-order valence-electron chi connectivity index (χ1n) is 5.75. The number of rotatable bonds is 5. The SMILES string of the molecule is CNCc1cc(OCc2ccccc2)ncc1Cl. The molecular weight excluding hydrogens is 248 g/mol. The number of benzene rings is 1. The Hall–Kier alpha value is -1.58. The van der Waals surface area contributed by atoms with E-state index in [9.17, 15) is 0 Å². The molecule has 1 heterocycles. The highest BCUT2D eigenvalue weighted by Gasteiger charge is 2.03. The summed E-state index contributed by atoms with van der Waals surface area (Å²) in [6.45, 7) is 1.21. The third-order valence-electron chi connectivity index (χ3n) is 2.51. The van der Waals surface area contributed by atoms with E-state index < -0.39 is 0 Å². The zero-order valence-corrected chi connectivity index (χ0v) is 10.9. The molecule has 1 aromatic heterocycles. The smallest absolute Gasteiger partial charge is 0.213 e. The number of ether oxygens (including phenoxy) is 1. The van der Waals surface area contributed by atoms with Crippen LogP contribution in [0.25, 0.3) is 0 Å². The fourth-order valence-electron chi connectivity index (χ4n) is 1.59. The Morgan fingerprint density at radius 1 is 1.28 bits per heavy atom. The summed E-state index contributed by atoms with van der Waals surface area (Å²) in [6, 6.07) is 11.9. The molecule has 0 saturated heterocycles. The molecule has 0 atom stereocenters. The lowest BCUT2D eigenvalue weighted by molar-refractivity contribution is 0.293. The van der Waals surface area contributed by atoms with Gasteiger partial charge < -0.3 is 10.1 Å². The molecule has 0 saturated carbocycles. The molecule has 0 aliphatic carbocycles. The fraction of sp³-hybridized carbons (Fsp3) is 0.214. The molecule has 3 nitrogen and oxygen atoms in total. The van der Waals surface area contributed by atoms with Crippen LogP contribution in [0.2, 0.25) is 5.02 Å². The molecule has 1 aromatic carbocycles. The highest BCUT2D eigenvalue weighted by atomic mass is 35.5. The highest BCUT2D eigenvalue weighted by molar-refractivity contribution is 6.31. The van der Waals surface area contributed by atoms with Gasteiger partial charge in [-0.3, -0.25) is 0 Å². The molecule has 0 amide bonds. The van der Waals surface area contributed by atoms with Gasteiger partial charge in [-0.2, -0.15) is 0 Å². The van der Waals surface area contributed by atoms with Crippen molar-refractivity contribution in [1.82, 2.24) is 10.3 Å². The van der Waals surface area contributed by atoms with Crippen molar-refractivity contribution in [3.8, 4) is 5.88 Å². The van der Waals surface area contributed by atoms with Crippen LogP contribution in [0.1, 0.15) is 11.1 Å². The molecule has 2 rings (SSSR count). The Kier molecular flexibility index (Phi) is 4.56. The molecule has 0 bridgehead atoms. The number of aromatic nitrogens is 1. The van der Waals surface area contributed by atoms with Crippen molar-refractivity contribution in [2.45, 2.75) is 13.2 Å². The molecule has 0 radical (unpaired) electrons. The second-order valence-corrected chi connectivity index (χ2v) is 4.33. The van der Waals surface area contributed by atoms with Crippen LogP contribution in [0, 0.1) is 0 Å². The van der Waals surface area contributed by atoms with E-state index in [0.29, 0.717) is 24.1 Å². The van der Waals surface area contributed by atoms with Crippen molar-refractivity contribution in [1.29, 1.82) is 0 Å². The minimum atomic E-state index is 0.508. The second-order valence-electron chi connectivity index (χ2n) is 3.92. The third-order valence-corrected chi connectivity index (χ3v) is 2.85. The Morgan fingerprint density at radius 3 is 2.78 bits per heavy atom. The Morgan fingerprint density at radius 2 is 2.06 bits per heavy atom. The Bertz CT molecular complexity index is 502. The second kappa shape index (κ2) is 6.38. The van der Waals surface area contributed by atoms with Gasteiger partial charge in [-0.25, -0.2) is 4.98 Å². The Labute approximate surface area is 112 Å². The van der Waals surface area contributed by atoms with E-state index in [4.69, 9.17) is 16.3 Å². The normalized spacial score (nSPS) is 10.3. The van der Waals surface area contributed by atoms with E-state index >= 15 is 0 Å². The predicted molar refractivity (Wildman–Crippen MR) is 72.8 cm³/mol. The first-order valence-corrected chi connectivity index (χ1v) is 6.13. The maximum atomic E-state index is 6.03. The van der Waals surface area contributed by atoms with Gasteiger partial charge >= 0.3 is 0 Å². The number of hydrogen-bond acceptors (Lipinski definition) is 3. The average Bonchev–Trinajstić information content (AvgIpc) is 2.41. The van der Waals surface area contributed by atoms with Crippen LogP contribution < -0.4 is 10.1 Å². The number of nitrogens with zero attached hydrogens (tertiary/aromatic N) is 1. The summed E-state index contributed by atoms with van der Waals surface area (Å²) in [5, 5.41) is 3.71. The van der Waals surface area contributed by atoms with Crippen molar-refractivity contribution >= 4 is 11.6 Å². The molecule has 0 aliphatic rings. The zero-order valence-electron chi connectivity index (χ0n) is 10.2. The lowest BCUT2D eigenvalue weighted by Gasteiger charge is -2.08. The number of nitrogens with one attached hydrogen (secondary N) is 1. The summed E-state index contributed by atoms with van der Waals surface area (Å²) in [7, 11) is 1.88. The van der Waals surface area contributed by atoms with Crippen LogP contribution in [0.4, 0.5) is 0 Å². The summed E-state index contributed by atoms with van der Waals surface area (Å²) < 4.78 is 5.64. The lowest BCUT2D eigenvalue weighted by atomic mass is 10.2. The molecular formula is C14H15ClN2O. The summed E-state index contributed by atoms with van der Waals surface area (Å²) >= 11 is 6.03. The van der Waals surface area contributed by atoms with E-state index in [-0.39, 0.29) is 0 Å². The van der Waals surface area contributed by atoms with Gasteiger partial charge in [0.1, 0.15) is 6.61 Å². The standard InChI is InChI=1S/C14H15ClN2O/c1-16-8-12-7-14(17-9-13(12)15)18-10-11-5-3-2-4-6-11/h2-7,9,16H,8,10H2,1H3. The van der Waals surface area contributed by atoms with Gasteiger partial charge in [0, 0.05) is 18.8 Å². The zero-order chi connectivity index (χ0) is 12.8. The van der Waals surface area contributed by atoms with E-state index in [2.05, 4.69) is 10.3 Å². The van der Waals surface area contributed by atoms with Crippen LogP contribution in [-0.2, 0) is 13.2 Å². The quantitative estimate of drug-likeness (QED) is 0.899. The minimum absolute atomic E-state index is 0.508. The number of halogens is 1. The van der Waals surface area contributed by atoms with E-state index in [0.717, 1.165) is 11.1 Å². The van der Waals surface area contributed by atoms with Crippen molar-refractivity contribution in [3.05, 3.63) is 58.7 Å². The third kappa shape index (κ3) is 3.45. The molecule has 0 spiro atoms. The maximum absolute atomic E-state index is 6.03. The number of pyridine rings is 1. The van der Waals surface area contributed by atoms with Crippen molar-refractivity contribution in [2.75, 3.05) is 7.05 Å². The summed E-state index contributed by atoms with van der Waals surface area (Å²) in [5.74, 6) is 0.591. The maximum Gasteiger partial charge on any atom is 0.213 e. The van der Waals surface area contributed by atoms with Crippen molar-refractivity contribution < 1.29 is 4.74 Å². The van der Waals surface area contributed by atoms with E-state index in [1.807, 2.05) is 43.4 Å². The van der Waals surface area contributed by atoms with Gasteiger partial charge in [-0.05, 0) is 18.2 Å². The predicted octanol–water partition coefficient (Wildman–Crippen LogP) is 3.03. The van der Waals surface area contributed by atoms with Crippen LogP contribution in [0.15, 0.2) is 42.6 Å². The monoisotopic (exact) mass is 262 g/mol. The fourth-order valence-corrected chi connectivity index (χ4v) is 1.76. The Balaban J connectivity index is 2.03. The van der Waals surface area contributed by atoms with Gasteiger partial charge in [0.15, 0.2) is 0 Å². The van der Waals surface area contributed by atoms with Crippen molar-refractivity contribution in [2.24, 2.45) is 0 Å². The molecule has 1 N–H and O–H groups in total. The van der Waals surface area contributed by atoms with Crippen LogP contribution in [0.3, 0.4) is 0 Å². The molecule has 94 valence electrons. The van der Waals surface area contributed by atoms with Gasteiger partial charge in [-0.15, -0.1) is 0 Å². The molecule has 0 unspecified atom stereocenters. The molecule has 0 fully saturated rings. The minimum Gasteiger partial charge on any atom is -0.473 e. The highest BCUT2D eigenvalue weighted by Crippen LogP contribution is 2.19. The van der Waals surface area contributed by atoms with E-state index in [1.165, 1.54) is 0 Å². The van der Waals surface area contributed by atoms with Gasteiger partial charge in [-0.1, -0.05) is 41.9 Å². The van der Waals surface area contributed by atoms with Gasteiger partial charge in [0.25, 0.3) is 0 Å². The lowest BCUT2D eigenvalue weighted by Crippen LogP contribution is -2.06. The number of hydrogen-bond donors (Lipinski definition) is 1. The van der Waals surface area contributed by atoms with Gasteiger partial charge in [0.05, 0.1) is 5.02 Å². The first-order chi connectivity index (χ1) is 8.79. The van der Waals surface area contributed by atoms with Crippen molar-refractivity contribution in [3.63, 3.8) is 0 Å². The topological polar surface area (TPSA) is 34.1 Å². The van der Waals surface area contributed by atoms with Crippen LogP contribution in [0.5, 0.6) is 5.88 Å². The molecule has 4 heteroatoms. The summed E-state index contributed by atoms with van der Waals surface area (Å²) in [5.41, 5.74) is 2.10. The van der Waals surface area contributed by atoms with Crippen LogP contribution >= 0.6 is 11.6 Å². The van der Waals surface area contributed by atoms with Crippen LogP contribution in [-0.4, -0.2) is 12.0 Å². The molecule has 2 aromatic rings. The van der Waals surface area contributed by atoms with E-state index in [1.54, 1.807) is 6.20 Å². The first kappa shape index (κ1) is 12.9. The average molecular weight is 263 g/mol. The molecule has 18 heavy (non-hydrogen) atoms. The summed E-state index contributed by atoms with van der Waals surface area (Å²) in [4.78, 5) is 4.15. The van der Waals surface area contributed by atoms with Gasteiger partial charge in [0.2, 0.25) is 5.88 Å². The molecule has 0 aliphatic heterocycles. The largest absolute Gasteiger partial charge is 0.473 e.